The lowest BCUT2D eigenvalue weighted by molar-refractivity contribution is -0.125. The summed E-state index contributed by atoms with van der Waals surface area (Å²) in [4.78, 5) is 21.5. The lowest BCUT2D eigenvalue weighted by atomic mass is 10.1. The van der Waals surface area contributed by atoms with Crippen LogP contribution in [0.5, 0.6) is 0 Å². The topological polar surface area (TPSA) is 46.2 Å². The molecular weight excluding hydrogens is 142 g/mol. The summed E-state index contributed by atoms with van der Waals surface area (Å²) in [5, 5.41) is 2.49. The lowest BCUT2D eigenvalue weighted by Crippen LogP contribution is -2.36. The van der Waals surface area contributed by atoms with E-state index in [0.29, 0.717) is 6.42 Å². The Balaban J connectivity index is 3.81. The van der Waals surface area contributed by atoms with Crippen LogP contribution in [0, 0.1) is 0 Å². The normalized spacial score (nSPS) is 11.8. The molecule has 0 radical (unpaired) electrons. The molecule has 3 nitrogen and oxygen atoms in total. The van der Waals surface area contributed by atoms with Crippen molar-refractivity contribution in [3.8, 4) is 0 Å². The zero-order valence-electron chi connectivity index (χ0n) is 6.89. The second-order valence-electron chi connectivity index (χ2n) is 2.38. The lowest BCUT2D eigenvalue weighted by Gasteiger charge is -2.08. The van der Waals surface area contributed by atoms with Crippen molar-refractivity contribution >= 4 is 11.7 Å². The maximum absolute atomic E-state index is 11.0. The number of hydrogen-bond donors (Lipinski definition) is 1. The molecule has 0 aromatic carbocycles. The molecule has 11 heavy (non-hydrogen) atoms. The molecule has 0 heterocycles. The zero-order valence-corrected chi connectivity index (χ0v) is 6.89. The highest BCUT2D eigenvalue weighted by Gasteiger charge is 2.10. The van der Waals surface area contributed by atoms with E-state index in [4.69, 9.17) is 0 Å². The number of rotatable bonds is 4. The van der Waals surface area contributed by atoms with Crippen molar-refractivity contribution in [2.75, 3.05) is 0 Å². The molecule has 0 rings (SSSR count). The molecule has 0 aliphatic carbocycles. The van der Waals surface area contributed by atoms with Crippen molar-refractivity contribution in [2.45, 2.75) is 26.3 Å². The first kappa shape index (κ1) is 9.88. The minimum atomic E-state index is -0.398. The summed E-state index contributed by atoms with van der Waals surface area (Å²) in [5.41, 5.74) is 0. The Bertz CT molecular complexity index is 175. The first-order valence-electron chi connectivity index (χ1n) is 3.48. The third-order valence-corrected chi connectivity index (χ3v) is 1.25. The van der Waals surface area contributed by atoms with Crippen molar-refractivity contribution in [1.29, 1.82) is 0 Å². The van der Waals surface area contributed by atoms with E-state index in [2.05, 4.69) is 11.9 Å². The van der Waals surface area contributed by atoms with Gasteiger partial charge in [0.15, 0.2) is 5.78 Å². The number of allylic oxidation sites excluding steroid dienone is 1. The van der Waals surface area contributed by atoms with Crippen molar-refractivity contribution in [2.24, 2.45) is 0 Å². The molecule has 0 saturated carbocycles. The quantitative estimate of drug-likeness (QED) is 0.606. The van der Waals surface area contributed by atoms with Crippen LogP contribution in [0.25, 0.3) is 0 Å². The summed E-state index contributed by atoms with van der Waals surface area (Å²) in [6, 6.07) is -0.398. The van der Waals surface area contributed by atoms with Gasteiger partial charge >= 0.3 is 0 Å². The Morgan fingerprint density at radius 3 is 2.55 bits per heavy atom. The van der Waals surface area contributed by atoms with Crippen LogP contribution in [0.3, 0.4) is 0 Å². The number of carbonyl (C=O) groups is 2. The van der Waals surface area contributed by atoms with Crippen LogP contribution in [0.1, 0.15) is 20.3 Å². The van der Waals surface area contributed by atoms with Gasteiger partial charge in [0.2, 0.25) is 5.91 Å². The molecular formula is C8H13NO2. The molecule has 1 atom stereocenters. The maximum Gasteiger partial charge on any atom is 0.217 e. The largest absolute Gasteiger partial charge is 0.347 e. The van der Waals surface area contributed by atoms with Crippen LogP contribution < -0.4 is 5.32 Å². The fourth-order valence-corrected chi connectivity index (χ4v) is 0.704. The summed E-state index contributed by atoms with van der Waals surface area (Å²) in [6.07, 6.45) is 1.84. The predicted octanol–water partition coefficient (Wildman–Crippen LogP) is 0.656. The van der Waals surface area contributed by atoms with Gasteiger partial charge in [-0.05, 0) is 6.92 Å². The molecule has 3 heteroatoms. The Kier molecular flexibility index (Phi) is 4.18. The molecule has 0 aromatic heterocycles. The van der Waals surface area contributed by atoms with Crippen molar-refractivity contribution in [1.82, 2.24) is 5.32 Å². The fourth-order valence-electron chi connectivity index (χ4n) is 0.704. The van der Waals surface area contributed by atoms with E-state index < -0.39 is 6.04 Å². The van der Waals surface area contributed by atoms with E-state index in [1.54, 1.807) is 6.92 Å². The van der Waals surface area contributed by atoms with Crippen molar-refractivity contribution in [3.63, 3.8) is 0 Å². The smallest absolute Gasteiger partial charge is 0.217 e. The van der Waals surface area contributed by atoms with E-state index in [9.17, 15) is 9.59 Å². The number of ketones is 1. The third-order valence-electron chi connectivity index (χ3n) is 1.25. The van der Waals surface area contributed by atoms with Gasteiger partial charge < -0.3 is 5.32 Å². The van der Waals surface area contributed by atoms with Gasteiger partial charge in [-0.2, -0.15) is 0 Å². The van der Waals surface area contributed by atoms with E-state index in [1.165, 1.54) is 13.0 Å². The van der Waals surface area contributed by atoms with E-state index >= 15 is 0 Å². The summed E-state index contributed by atoms with van der Waals surface area (Å²) in [7, 11) is 0. The summed E-state index contributed by atoms with van der Waals surface area (Å²) < 4.78 is 0. The van der Waals surface area contributed by atoms with Gasteiger partial charge in [-0.3, -0.25) is 9.59 Å². The van der Waals surface area contributed by atoms with Gasteiger partial charge in [-0.1, -0.05) is 6.08 Å². The summed E-state index contributed by atoms with van der Waals surface area (Å²) in [6.45, 7) is 6.48. The fraction of sp³-hybridized carbons (Fsp3) is 0.500. The highest BCUT2D eigenvalue weighted by molar-refractivity contribution is 5.88. The van der Waals surface area contributed by atoms with E-state index in [0.717, 1.165) is 0 Å². The Hall–Kier alpha value is -1.12. The summed E-state index contributed by atoms with van der Waals surface area (Å²) >= 11 is 0. The first-order chi connectivity index (χ1) is 5.07. The molecule has 0 aliphatic rings. The highest BCUT2D eigenvalue weighted by atomic mass is 16.2. The van der Waals surface area contributed by atoms with Crippen LogP contribution in [-0.4, -0.2) is 17.7 Å². The van der Waals surface area contributed by atoms with Gasteiger partial charge in [0.25, 0.3) is 0 Å². The molecule has 0 spiro atoms. The number of hydrogen-bond acceptors (Lipinski definition) is 2. The number of Topliss-reactive ketones (excluding diaryl/α,β-unsaturated/α-hetero) is 1. The van der Waals surface area contributed by atoms with E-state index in [1.807, 2.05) is 0 Å². The van der Waals surface area contributed by atoms with E-state index in [-0.39, 0.29) is 11.7 Å². The average Bonchev–Trinajstić information content (AvgIpc) is 1.86. The SMILES string of the molecule is C=CCC(=O)[C@H](C)NC(C)=O. The van der Waals surface area contributed by atoms with Crippen LogP contribution in [0.15, 0.2) is 12.7 Å². The van der Waals surface area contributed by atoms with Gasteiger partial charge in [0.1, 0.15) is 0 Å². The maximum atomic E-state index is 11.0. The summed E-state index contributed by atoms with van der Waals surface area (Å²) in [5.74, 6) is -0.204. The molecule has 0 bridgehead atoms. The molecule has 0 fully saturated rings. The standard InChI is InChI=1S/C8H13NO2/c1-4-5-8(11)6(2)9-7(3)10/h4,6H,1,5H2,2-3H3,(H,9,10)/t6-/m0/s1. The average molecular weight is 155 g/mol. The van der Waals surface area contributed by atoms with Crippen LogP contribution in [-0.2, 0) is 9.59 Å². The van der Waals surface area contributed by atoms with Crippen LogP contribution in [0.2, 0.25) is 0 Å². The van der Waals surface area contributed by atoms with Gasteiger partial charge in [0, 0.05) is 13.3 Å². The Labute approximate surface area is 66.5 Å². The number of carbonyl (C=O) groups excluding carboxylic acids is 2. The van der Waals surface area contributed by atoms with Gasteiger partial charge in [0.05, 0.1) is 6.04 Å². The zero-order chi connectivity index (χ0) is 8.85. The van der Waals surface area contributed by atoms with Gasteiger partial charge in [-0.25, -0.2) is 0 Å². The predicted molar refractivity (Wildman–Crippen MR) is 43.1 cm³/mol. The van der Waals surface area contributed by atoms with Crippen LogP contribution >= 0.6 is 0 Å². The van der Waals surface area contributed by atoms with Gasteiger partial charge in [-0.15, -0.1) is 6.58 Å². The molecule has 62 valence electrons. The molecule has 0 unspecified atom stereocenters. The third kappa shape index (κ3) is 4.31. The monoisotopic (exact) mass is 155 g/mol. The molecule has 1 N–H and O–H groups in total. The molecule has 0 saturated heterocycles. The number of nitrogens with one attached hydrogen (secondary N) is 1. The Morgan fingerprint density at radius 2 is 2.18 bits per heavy atom. The minimum Gasteiger partial charge on any atom is -0.347 e. The molecule has 1 amide bonds. The molecule has 0 aliphatic heterocycles. The second-order valence-corrected chi connectivity index (χ2v) is 2.38. The Morgan fingerprint density at radius 1 is 1.64 bits per heavy atom. The van der Waals surface area contributed by atoms with Crippen molar-refractivity contribution < 1.29 is 9.59 Å². The minimum absolute atomic E-state index is 0.0183. The molecule has 0 aromatic rings. The number of amides is 1. The van der Waals surface area contributed by atoms with Crippen molar-refractivity contribution in [3.05, 3.63) is 12.7 Å². The second kappa shape index (κ2) is 4.66. The first-order valence-corrected chi connectivity index (χ1v) is 3.48. The highest BCUT2D eigenvalue weighted by Crippen LogP contribution is 1.90. The van der Waals surface area contributed by atoms with Crippen LogP contribution in [0.4, 0.5) is 0 Å².